The van der Waals surface area contributed by atoms with Gasteiger partial charge in [-0.3, -0.25) is 14.2 Å². The van der Waals surface area contributed by atoms with Crippen LogP contribution in [0.2, 0.25) is 5.02 Å². The molecule has 0 unspecified atom stereocenters. The van der Waals surface area contributed by atoms with Crippen molar-refractivity contribution < 1.29 is 4.79 Å². The van der Waals surface area contributed by atoms with Gasteiger partial charge < -0.3 is 5.32 Å². The van der Waals surface area contributed by atoms with Crippen LogP contribution in [-0.4, -0.2) is 20.7 Å². The summed E-state index contributed by atoms with van der Waals surface area (Å²) in [6.07, 6.45) is 0. The highest BCUT2D eigenvalue weighted by Crippen LogP contribution is 2.24. The molecule has 0 aliphatic rings. The van der Waals surface area contributed by atoms with Crippen molar-refractivity contribution in [3.63, 3.8) is 0 Å². The Hall–Kier alpha value is -2.31. The summed E-state index contributed by atoms with van der Waals surface area (Å²) in [5.41, 5.74) is 1.21. The fraction of sp³-hybridized carbons (Fsp3) is 0.211. The van der Waals surface area contributed by atoms with E-state index in [1.807, 2.05) is 19.1 Å². The second-order valence-corrected chi connectivity index (χ2v) is 7.46. The molecule has 0 saturated heterocycles. The standard InChI is InChI=1S/C19H18ClN3O2S/c1-3-23-18(25)15-6-4-5-7-16(15)22-19(23)26-12(2)17(24)21-14-10-8-13(20)9-11-14/h4-12H,3H2,1-2H3,(H,21,24)/t12-/m1/s1. The highest BCUT2D eigenvalue weighted by Gasteiger charge is 2.19. The molecule has 3 rings (SSSR count). The number of thioether (sulfide) groups is 1. The molecular weight excluding hydrogens is 370 g/mol. The van der Waals surface area contributed by atoms with Crippen LogP contribution in [0, 0.1) is 0 Å². The first-order chi connectivity index (χ1) is 12.5. The smallest absolute Gasteiger partial charge is 0.262 e. The van der Waals surface area contributed by atoms with Crippen LogP contribution in [0.15, 0.2) is 58.5 Å². The van der Waals surface area contributed by atoms with Gasteiger partial charge >= 0.3 is 0 Å². The van der Waals surface area contributed by atoms with E-state index in [1.165, 1.54) is 11.8 Å². The Morgan fingerprint density at radius 3 is 2.62 bits per heavy atom. The monoisotopic (exact) mass is 387 g/mol. The lowest BCUT2D eigenvalue weighted by Crippen LogP contribution is -2.26. The van der Waals surface area contributed by atoms with Crippen molar-refractivity contribution in [2.45, 2.75) is 30.8 Å². The maximum absolute atomic E-state index is 12.7. The number of carbonyl (C=O) groups is 1. The Morgan fingerprint density at radius 2 is 1.92 bits per heavy atom. The van der Waals surface area contributed by atoms with Crippen molar-refractivity contribution in [1.29, 1.82) is 0 Å². The first kappa shape index (κ1) is 18.5. The molecule has 0 aliphatic heterocycles. The first-order valence-corrected chi connectivity index (χ1v) is 9.48. The van der Waals surface area contributed by atoms with Crippen LogP contribution in [0.1, 0.15) is 13.8 Å². The van der Waals surface area contributed by atoms with Crippen molar-refractivity contribution in [3.8, 4) is 0 Å². The molecule has 0 saturated carbocycles. The Kier molecular flexibility index (Phi) is 5.64. The second kappa shape index (κ2) is 7.93. The van der Waals surface area contributed by atoms with E-state index >= 15 is 0 Å². The van der Waals surface area contributed by atoms with Gasteiger partial charge in [0.25, 0.3) is 5.56 Å². The van der Waals surface area contributed by atoms with Gasteiger partial charge in [0.15, 0.2) is 5.16 Å². The van der Waals surface area contributed by atoms with E-state index in [0.717, 1.165) is 0 Å². The zero-order valence-electron chi connectivity index (χ0n) is 14.4. The first-order valence-electron chi connectivity index (χ1n) is 8.22. The number of rotatable bonds is 5. The minimum Gasteiger partial charge on any atom is -0.325 e. The average Bonchev–Trinajstić information content (AvgIpc) is 2.64. The van der Waals surface area contributed by atoms with Crippen molar-refractivity contribution in [3.05, 3.63) is 63.9 Å². The Morgan fingerprint density at radius 1 is 1.23 bits per heavy atom. The average molecular weight is 388 g/mol. The van der Waals surface area contributed by atoms with Gasteiger partial charge in [-0.1, -0.05) is 35.5 Å². The maximum atomic E-state index is 12.7. The number of hydrogen-bond acceptors (Lipinski definition) is 4. The molecule has 5 nitrogen and oxygen atoms in total. The fourth-order valence-corrected chi connectivity index (χ4v) is 3.60. The molecule has 2 aromatic carbocycles. The maximum Gasteiger partial charge on any atom is 0.262 e. The highest BCUT2D eigenvalue weighted by atomic mass is 35.5. The summed E-state index contributed by atoms with van der Waals surface area (Å²) in [4.78, 5) is 29.7. The second-order valence-electron chi connectivity index (χ2n) is 5.72. The predicted octanol–water partition coefficient (Wildman–Crippen LogP) is 4.19. The molecular formula is C19H18ClN3O2S. The van der Waals surface area contributed by atoms with E-state index in [4.69, 9.17) is 11.6 Å². The van der Waals surface area contributed by atoms with Crippen LogP contribution in [0.25, 0.3) is 10.9 Å². The van der Waals surface area contributed by atoms with E-state index in [-0.39, 0.29) is 11.5 Å². The van der Waals surface area contributed by atoms with E-state index in [0.29, 0.717) is 33.3 Å². The van der Waals surface area contributed by atoms with Gasteiger partial charge in [-0.25, -0.2) is 4.98 Å². The van der Waals surface area contributed by atoms with Gasteiger partial charge in [0.1, 0.15) is 0 Å². The molecule has 7 heteroatoms. The highest BCUT2D eigenvalue weighted by molar-refractivity contribution is 8.00. The number of nitrogens with zero attached hydrogens (tertiary/aromatic N) is 2. The molecule has 0 radical (unpaired) electrons. The summed E-state index contributed by atoms with van der Waals surface area (Å²) in [5.74, 6) is -0.164. The lowest BCUT2D eigenvalue weighted by atomic mass is 10.2. The summed E-state index contributed by atoms with van der Waals surface area (Å²) in [7, 11) is 0. The molecule has 0 aliphatic carbocycles. The lowest BCUT2D eigenvalue weighted by molar-refractivity contribution is -0.115. The number of carbonyl (C=O) groups excluding carboxylic acids is 1. The Balaban J connectivity index is 1.84. The number of anilines is 1. The molecule has 1 aromatic heterocycles. The minimum atomic E-state index is -0.420. The van der Waals surface area contributed by atoms with E-state index in [1.54, 1.807) is 47.9 Å². The molecule has 1 heterocycles. The number of aromatic nitrogens is 2. The third-order valence-corrected chi connectivity index (χ3v) is 5.25. The zero-order chi connectivity index (χ0) is 18.7. The van der Waals surface area contributed by atoms with Crippen molar-refractivity contribution >= 4 is 45.9 Å². The fourth-order valence-electron chi connectivity index (χ4n) is 2.51. The molecule has 26 heavy (non-hydrogen) atoms. The van der Waals surface area contributed by atoms with Crippen LogP contribution in [-0.2, 0) is 11.3 Å². The van der Waals surface area contributed by atoms with Gasteiger partial charge in [0.2, 0.25) is 5.91 Å². The molecule has 0 fully saturated rings. The number of hydrogen-bond donors (Lipinski definition) is 1. The van der Waals surface area contributed by atoms with Crippen LogP contribution >= 0.6 is 23.4 Å². The topological polar surface area (TPSA) is 64.0 Å². The third kappa shape index (κ3) is 3.92. The van der Waals surface area contributed by atoms with Crippen LogP contribution in [0.3, 0.4) is 0 Å². The Labute approximate surface area is 160 Å². The van der Waals surface area contributed by atoms with Crippen molar-refractivity contribution in [1.82, 2.24) is 9.55 Å². The number of fused-ring (bicyclic) bond motifs is 1. The summed E-state index contributed by atoms with van der Waals surface area (Å²) >= 11 is 7.12. The normalized spacial score (nSPS) is 12.1. The molecule has 1 atom stereocenters. The number of amides is 1. The Bertz CT molecular complexity index is 1000. The zero-order valence-corrected chi connectivity index (χ0v) is 16.0. The van der Waals surface area contributed by atoms with Crippen LogP contribution < -0.4 is 10.9 Å². The van der Waals surface area contributed by atoms with Gasteiger partial charge in [-0.2, -0.15) is 0 Å². The van der Waals surface area contributed by atoms with E-state index in [2.05, 4.69) is 10.3 Å². The van der Waals surface area contributed by atoms with E-state index < -0.39 is 5.25 Å². The number of para-hydroxylation sites is 1. The molecule has 0 bridgehead atoms. The summed E-state index contributed by atoms with van der Waals surface area (Å²) in [6.45, 7) is 4.17. The number of benzene rings is 2. The molecule has 1 amide bonds. The van der Waals surface area contributed by atoms with Crippen LogP contribution in [0.4, 0.5) is 5.69 Å². The number of nitrogens with one attached hydrogen (secondary N) is 1. The lowest BCUT2D eigenvalue weighted by Gasteiger charge is -2.15. The van der Waals surface area contributed by atoms with Gasteiger partial charge in [-0.05, 0) is 50.2 Å². The van der Waals surface area contributed by atoms with E-state index in [9.17, 15) is 9.59 Å². The molecule has 3 aromatic rings. The largest absolute Gasteiger partial charge is 0.325 e. The number of halogens is 1. The molecule has 0 spiro atoms. The SMILES string of the molecule is CCn1c(S[C@H](C)C(=O)Nc2ccc(Cl)cc2)nc2ccccc2c1=O. The predicted molar refractivity (Wildman–Crippen MR) is 107 cm³/mol. The van der Waals surface area contributed by atoms with Crippen molar-refractivity contribution in [2.24, 2.45) is 0 Å². The minimum absolute atomic E-state index is 0.0918. The van der Waals surface area contributed by atoms with Crippen molar-refractivity contribution in [2.75, 3.05) is 5.32 Å². The summed E-state index contributed by atoms with van der Waals surface area (Å²) < 4.78 is 1.60. The van der Waals surface area contributed by atoms with Gasteiger partial charge in [0.05, 0.1) is 16.2 Å². The van der Waals surface area contributed by atoms with Gasteiger partial charge in [-0.15, -0.1) is 0 Å². The third-order valence-electron chi connectivity index (χ3n) is 3.91. The quantitative estimate of drug-likeness (QED) is 0.526. The summed E-state index contributed by atoms with van der Waals surface area (Å²) in [5, 5.41) is 4.15. The van der Waals surface area contributed by atoms with Gasteiger partial charge in [0, 0.05) is 17.3 Å². The summed E-state index contributed by atoms with van der Waals surface area (Å²) in [6, 6.07) is 14.2. The molecule has 1 N–H and O–H groups in total. The molecule has 134 valence electrons. The van der Waals surface area contributed by atoms with Crippen LogP contribution in [0.5, 0.6) is 0 Å².